The number of hydrogen-bond donors (Lipinski definition) is 1. The first-order chi connectivity index (χ1) is 13.1. The first-order valence-electron chi connectivity index (χ1n) is 9.83. The maximum atomic E-state index is 12.8. The van der Waals surface area contributed by atoms with Crippen LogP contribution in [-0.4, -0.2) is 70.3 Å². The number of carbonyl (C=O) groups is 2. The Kier molecular flexibility index (Phi) is 6.78. The van der Waals surface area contributed by atoms with Gasteiger partial charge < -0.3 is 19.7 Å². The van der Waals surface area contributed by atoms with Gasteiger partial charge in [-0.2, -0.15) is 0 Å². The highest BCUT2D eigenvalue weighted by molar-refractivity contribution is 5.92. The number of likely N-dealkylation sites (tertiary alicyclic amines) is 1. The zero-order valence-corrected chi connectivity index (χ0v) is 16.1. The highest BCUT2D eigenvalue weighted by Gasteiger charge is 2.32. The molecule has 0 radical (unpaired) electrons. The van der Waals surface area contributed by atoms with E-state index in [0.29, 0.717) is 38.9 Å². The van der Waals surface area contributed by atoms with Crippen LogP contribution in [0.2, 0.25) is 0 Å². The standard InChI is InChI=1S/C18H29N5O4/c1-3-26-16(27-4-2)12-23-11-15(20-21-23)18(25)22-9-5-6-13(10-22)17(24)19-14-7-8-14/h11,13-14,16H,3-10,12H2,1-2H3,(H,19,24). The summed E-state index contributed by atoms with van der Waals surface area (Å²) in [7, 11) is 0. The molecule has 1 aliphatic heterocycles. The monoisotopic (exact) mass is 379 g/mol. The van der Waals surface area contributed by atoms with Crippen molar-refractivity contribution in [3.63, 3.8) is 0 Å². The van der Waals surface area contributed by atoms with E-state index < -0.39 is 6.29 Å². The minimum atomic E-state index is -0.421. The van der Waals surface area contributed by atoms with Crippen molar-refractivity contribution in [2.24, 2.45) is 5.92 Å². The summed E-state index contributed by atoms with van der Waals surface area (Å²) in [5, 5.41) is 11.1. The molecule has 1 unspecified atom stereocenters. The van der Waals surface area contributed by atoms with Gasteiger partial charge in [0.2, 0.25) is 5.91 Å². The highest BCUT2D eigenvalue weighted by atomic mass is 16.7. The Hall–Kier alpha value is -2.00. The zero-order chi connectivity index (χ0) is 19.2. The molecule has 1 saturated heterocycles. The van der Waals surface area contributed by atoms with E-state index in [9.17, 15) is 9.59 Å². The van der Waals surface area contributed by atoms with Crippen molar-refractivity contribution in [3.05, 3.63) is 11.9 Å². The second kappa shape index (κ2) is 9.27. The van der Waals surface area contributed by atoms with Gasteiger partial charge in [0.05, 0.1) is 18.7 Å². The highest BCUT2D eigenvalue weighted by Crippen LogP contribution is 2.22. The lowest BCUT2D eigenvalue weighted by Gasteiger charge is -2.31. The SMILES string of the molecule is CCOC(Cn1cc(C(=O)N2CCCC(C(=O)NC3CC3)C2)nn1)OCC. The Balaban J connectivity index is 1.56. The molecule has 9 heteroatoms. The fraction of sp³-hybridized carbons (Fsp3) is 0.778. The Morgan fingerprint density at radius 3 is 2.67 bits per heavy atom. The Labute approximate surface area is 159 Å². The van der Waals surface area contributed by atoms with Gasteiger partial charge in [-0.05, 0) is 39.5 Å². The molecule has 2 heterocycles. The third-order valence-electron chi connectivity index (χ3n) is 4.80. The summed E-state index contributed by atoms with van der Waals surface area (Å²) in [5.41, 5.74) is 0.282. The van der Waals surface area contributed by atoms with Crippen LogP contribution in [0.4, 0.5) is 0 Å². The molecule has 0 bridgehead atoms. The lowest BCUT2D eigenvalue weighted by atomic mass is 9.97. The van der Waals surface area contributed by atoms with Crippen molar-refractivity contribution in [1.29, 1.82) is 0 Å². The Morgan fingerprint density at radius 1 is 1.26 bits per heavy atom. The molecule has 1 saturated carbocycles. The molecular weight excluding hydrogens is 350 g/mol. The lowest BCUT2D eigenvalue weighted by Crippen LogP contribution is -2.46. The van der Waals surface area contributed by atoms with Crippen LogP contribution in [0.15, 0.2) is 6.20 Å². The van der Waals surface area contributed by atoms with Crippen LogP contribution in [0, 0.1) is 5.92 Å². The van der Waals surface area contributed by atoms with Gasteiger partial charge in [0.25, 0.3) is 5.91 Å². The molecule has 9 nitrogen and oxygen atoms in total. The first kappa shape index (κ1) is 19.8. The Morgan fingerprint density at radius 2 is 2.00 bits per heavy atom. The van der Waals surface area contributed by atoms with E-state index in [0.717, 1.165) is 25.7 Å². The van der Waals surface area contributed by atoms with E-state index in [4.69, 9.17) is 9.47 Å². The van der Waals surface area contributed by atoms with Crippen molar-refractivity contribution in [1.82, 2.24) is 25.2 Å². The van der Waals surface area contributed by atoms with Crippen LogP contribution in [0.5, 0.6) is 0 Å². The average molecular weight is 379 g/mol. The molecule has 1 atom stereocenters. The molecule has 2 amide bonds. The molecule has 0 spiro atoms. The Bertz CT molecular complexity index is 639. The van der Waals surface area contributed by atoms with Gasteiger partial charge in [-0.15, -0.1) is 5.10 Å². The van der Waals surface area contributed by atoms with Gasteiger partial charge in [0, 0.05) is 32.3 Å². The number of amides is 2. The predicted molar refractivity (Wildman–Crippen MR) is 96.9 cm³/mol. The van der Waals surface area contributed by atoms with Gasteiger partial charge in [0.15, 0.2) is 12.0 Å². The van der Waals surface area contributed by atoms with Crippen molar-refractivity contribution in [3.8, 4) is 0 Å². The summed E-state index contributed by atoms with van der Waals surface area (Å²) in [4.78, 5) is 26.8. The van der Waals surface area contributed by atoms with E-state index in [1.54, 1.807) is 15.8 Å². The molecule has 1 aromatic rings. The van der Waals surface area contributed by atoms with Crippen LogP contribution < -0.4 is 5.32 Å². The largest absolute Gasteiger partial charge is 0.353 e. The minimum absolute atomic E-state index is 0.0647. The first-order valence-corrected chi connectivity index (χ1v) is 9.83. The quantitative estimate of drug-likeness (QED) is 0.638. The third kappa shape index (κ3) is 5.49. The zero-order valence-electron chi connectivity index (χ0n) is 16.1. The second-order valence-corrected chi connectivity index (χ2v) is 7.04. The van der Waals surface area contributed by atoms with Gasteiger partial charge >= 0.3 is 0 Å². The fourth-order valence-electron chi connectivity index (χ4n) is 3.25. The number of carbonyl (C=O) groups excluding carboxylic acids is 2. The van der Waals surface area contributed by atoms with Gasteiger partial charge in [-0.1, -0.05) is 5.21 Å². The van der Waals surface area contributed by atoms with Crippen LogP contribution in [0.1, 0.15) is 50.0 Å². The van der Waals surface area contributed by atoms with Crippen LogP contribution in [0.3, 0.4) is 0 Å². The van der Waals surface area contributed by atoms with Crippen LogP contribution in [-0.2, 0) is 20.8 Å². The van der Waals surface area contributed by atoms with Gasteiger partial charge in [0.1, 0.15) is 0 Å². The molecule has 27 heavy (non-hydrogen) atoms. The van der Waals surface area contributed by atoms with E-state index in [1.165, 1.54) is 0 Å². The summed E-state index contributed by atoms with van der Waals surface area (Å²) in [6, 6.07) is 0.340. The second-order valence-electron chi connectivity index (χ2n) is 7.04. The average Bonchev–Trinajstić information content (AvgIpc) is 3.36. The summed E-state index contributed by atoms with van der Waals surface area (Å²) < 4.78 is 12.6. The summed E-state index contributed by atoms with van der Waals surface area (Å²) in [6.45, 7) is 6.30. The van der Waals surface area contributed by atoms with Crippen molar-refractivity contribution < 1.29 is 19.1 Å². The van der Waals surface area contributed by atoms with Crippen molar-refractivity contribution in [2.45, 2.75) is 58.4 Å². The molecule has 1 N–H and O–H groups in total. The van der Waals surface area contributed by atoms with E-state index in [2.05, 4.69) is 15.6 Å². The van der Waals surface area contributed by atoms with Crippen molar-refractivity contribution >= 4 is 11.8 Å². The number of rotatable bonds is 9. The van der Waals surface area contributed by atoms with Gasteiger partial charge in [-0.3, -0.25) is 9.59 Å². The number of piperidine rings is 1. The number of nitrogens with one attached hydrogen (secondary N) is 1. The molecule has 3 rings (SSSR count). The smallest absolute Gasteiger partial charge is 0.276 e. The fourth-order valence-corrected chi connectivity index (χ4v) is 3.25. The minimum Gasteiger partial charge on any atom is -0.353 e. The normalized spacial score (nSPS) is 20.1. The number of aromatic nitrogens is 3. The van der Waals surface area contributed by atoms with Crippen LogP contribution in [0.25, 0.3) is 0 Å². The third-order valence-corrected chi connectivity index (χ3v) is 4.80. The van der Waals surface area contributed by atoms with E-state index in [1.807, 2.05) is 13.8 Å². The number of nitrogens with zero attached hydrogens (tertiary/aromatic N) is 4. The molecule has 1 aromatic heterocycles. The van der Waals surface area contributed by atoms with E-state index >= 15 is 0 Å². The maximum Gasteiger partial charge on any atom is 0.276 e. The summed E-state index contributed by atoms with van der Waals surface area (Å²) in [6.07, 6.45) is 4.96. The van der Waals surface area contributed by atoms with Gasteiger partial charge in [-0.25, -0.2) is 4.68 Å². The molecular formula is C18H29N5O4. The predicted octanol–water partition coefficient (Wildman–Crippen LogP) is 0.808. The molecule has 150 valence electrons. The lowest BCUT2D eigenvalue weighted by molar-refractivity contribution is -0.145. The topological polar surface area (TPSA) is 98.6 Å². The maximum absolute atomic E-state index is 12.8. The summed E-state index contributed by atoms with van der Waals surface area (Å²) in [5.74, 6) is -0.261. The van der Waals surface area contributed by atoms with E-state index in [-0.39, 0.29) is 23.4 Å². The summed E-state index contributed by atoms with van der Waals surface area (Å²) >= 11 is 0. The molecule has 0 aromatic carbocycles. The molecule has 1 aliphatic carbocycles. The molecule has 2 fully saturated rings. The molecule has 2 aliphatic rings. The number of ether oxygens (including phenoxy) is 2. The van der Waals surface area contributed by atoms with Crippen molar-refractivity contribution in [2.75, 3.05) is 26.3 Å². The van der Waals surface area contributed by atoms with Crippen LogP contribution >= 0.6 is 0 Å². The number of hydrogen-bond acceptors (Lipinski definition) is 6.